The van der Waals surface area contributed by atoms with E-state index in [9.17, 15) is 0 Å². The van der Waals surface area contributed by atoms with E-state index in [4.69, 9.17) is 0 Å². The zero-order valence-corrected chi connectivity index (χ0v) is 17.5. The van der Waals surface area contributed by atoms with Crippen molar-refractivity contribution in [3.63, 3.8) is 0 Å². The Labute approximate surface area is 168 Å². The molecule has 3 aromatic carbocycles. The van der Waals surface area contributed by atoms with Crippen LogP contribution in [-0.2, 0) is 23.8 Å². The Morgan fingerprint density at radius 3 is 2.43 bits per heavy atom. The Morgan fingerprint density at radius 1 is 0.821 bits per heavy atom. The van der Waals surface area contributed by atoms with Crippen molar-refractivity contribution in [1.29, 1.82) is 0 Å². The van der Waals surface area contributed by atoms with Gasteiger partial charge in [-0.05, 0) is 63.3 Å². The van der Waals surface area contributed by atoms with Gasteiger partial charge in [-0.25, -0.2) is 0 Å². The van der Waals surface area contributed by atoms with Crippen molar-refractivity contribution < 1.29 is 0 Å². The van der Waals surface area contributed by atoms with E-state index < -0.39 is 0 Å². The summed E-state index contributed by atoms with van der Waals surface area (Å²) in [6.07, 6.45) is 1.06. The summed E-state index contributed by atoms with van der Waals surface area (Å²) in [6, 6.07) is 18.5. The number of hydrogen-bond donors (Lipinski definition) is 0. The van der Waals surface area contributed by atoms with Crippen LogP contribution in [0.15, 0.2) is 48.5 Å². The van der Waals surface area contributed by atoms with Gasteiger partial charge in [-0.15, -0.1) is 0 Å². The number of rotatable bonds is 0. The molecule has 140 valence electrons. The van der Waals surface area contributed by atoms with Crippen LogP contribution in [-0.4, -0.2) is 0 Å². The molecule has 0 saturated carbocycles. The van der Waals surface area contributed by atoms with Crippen LogP contribution in [0.5, 0.6) is 0 Å². The molecule has 0 saturated heterocycles. The summed E-state index contributed by atoms with van der Waals surface area (Å²) in [4.78, 5) is 2.59. The first-order valence-electron chi connectivity index (χ1n) is 10.5. The summed E-state index contributed by atoms with van der Waals surface area (Å²) in [5, 5.41) is 0. The van der Waals surface area contributed by atoms with Gasteiger partial charge in [0.25, 0.3) is 0 Å². The molecule has 1 heteroatoms. The molecule has 0 amide bonds. The summed E-state index contributed by atoms with van der Waals surface area (Å²) in [5.74, 6) is 0. The van der Waals surface area contributed by atoms with Crippen LogP contribution in [0.3, 0.4) is 0 Å². The van der Waals surface area contributed by atoms with E-state index >= 15 is 0 Å². The number of nitrogens with zero attached hydrogens (tertiary/aromatic N) is 1. The van der Waals surface area contributed by atoms with Crippen molar-refractivity contribution in [2.24, 2.45) is 0 Å². The first-order chi connectivity index (χ1) is 13.3. The summed E-state index contributed by atoms with van der Waals surface area (Å²) in [7, 11) is 0. The van der Waals surface area contributed by atoms with E-state index in [1.54, 1.807) is 16.7 Å². The minimum Gasteiger partial charge on any atom is -0.336 e. The molecule has 3 aliphatic rings. The largest absolute Gasteiger partial charge is 0.336 e. The molecule has 0 spiro atoms. The highest BCUT2D eigenvalue weighted by molar-refractivity contribution is 5.94. The smallest absolute Gasteiger partial charge is 0.0532 e. The Kier molecular flexibility index (Phi) is 2.87. The van der Waals surface area contributed by atoms with Crippen molar-refractivity contribution >= 4 is 11.4 Å². The van der Waals surface area contributed by atoms with Crippen molar-refractivity contribution in [2.45, 2.75) is 58.4 Å². The zero-order valence-electron chi connectivity index (χ0n) is 17.5. The predicted molar refractivity (Wildman–Crippen MR) is 118 cm³/mol. The van der Waals surface area contributed by atoms with Gasteiger partial charge in [0.15, 0.2) is 0 Å². The quantitative estimate of drug-likeness (QED) is 0.424. The molecule has 0 unspecified atom stereocenters. The Morgan fingerprint density at radius 2 is 1.61 bits per heavy atom. The molecule has 0 fully saturated rings. The Hall–Kier alpha value is -2.54. The first kappa shape index (κ1) is 16.4. The monoisotopic (exact) mass is 365 g/mol. The highest BCUT2D eigenvalue weighted by Crippen LogP contribution is 2.62. The zero-order chi connectivity index (χ0) is 19.4. The molecule has 0 radical (unpaired) electrons. The maximum Gasteiger partial charge on any atom is 0.0532 e. The molecule has 0 N–H and O–H groups in total. The molecule has 1 nitrogen and oxygen atoms in total. The molecule has 3 aromatic rings. The molecular formula is C27H27N. The molecule has 1 aliphatic carbocycles. The Bertz CT molecular complexity index is 1180. The van der Waals surface area contributed by atoms with Gasteiger partial charge in [-0.3, -0.25) is 0 Å². The second-order valence-electron chi connectivity index (χ2n) is 9.98. The molecule has 2 heterocycles. The molecular weight excluding hydrogens is 338 g/mol. The topological polar surface area (TPSA) is 3.24 Å². The van der Waals surface area contributed by atoms with Gasteiger partial charge in [-0.1, -0.05) is 69.7 Å². The molecule has 0 atom stereocenters. The van der Waals surface area contributed by atoms with E-state index in [1.165, 1.54) is 39.2 Å². The second kappa shape index (κ2) is 4.89. The maximum absolute atomic E-state index is 2.59. The van der Waals surface area contributed by atoms with Crippen molar-refractivity contribution in [2.75, 3.05) is 4.90 Å². The average Bonchev–Trinajstić information content (AvgIpc) is 2.67. The highest BCUT2D eigenvalue weighted by Gasteiger charge is 2.54. The van der Waals surface area contributed by atoms with Crippen LogP contribution >= 0.6 is 0 Å². The van der Waals surface area contributed by atoms with Crippen molar-refractivity contribution in [3.8, 4) is 11.1 Å². The van der Waals surface area contributed by atoms with Crippen LogP contribution < -0.4 is 4.90 Å². The third-order valence-corrected chi connectivity index (χ3v) is 8.06. The lowest BCUT2D eigenvalue weighted by molar-refractivity contribution is 0.240. The fourth-order valence-corrected chi connectivity index (χ4v) is 5.89. The lowest BCUT2D eigenvalue weighted by atomic mass is 9.47. The maximum atomic E-state index is 2.59. The van der Waals surface area contributed by atoms with E-state index in [2.05, 4.69) is 88.0 Å². The molecule has 0 aromatic heterocycles. The predicted octanol–water partition coefficient (Wildman–Crippen LogP) is 6.79. The van der Waals surface area contributed by atoms with Gasteiger partial charge < -0.3 is 4.90 Å². The van der Waals surface area contributed by atoms with E-state index in [1.807, 2.05) is 0 Å². The minimum absolute atomic E-state index is 0.205. The van der Waals surface area contributed by atoms with Gasteiger partial charge in [0.1, 0.15) is 0 Å². The van der Waals surface area contributed by atoms with E-state index in [0.29, 0.717) is 0 Å². The number of hydrogen-bond acceptors (Lipinski definition) is 1. The summed E-state index contributed by atoms with van der Waals surface area (Å²) < 4.78 is 0. The average molecular weight is 366 g/mol. The standard InChI is InChI=1S/C27H27N/c1-16-10-11-23-18(12-16)13-21-24-22(26(2,3)27(24,4)5)14-20-19-9-7-6-8-17(19)15-28(23)25(20)21/h6-12,14H,13,15H2,1-5H3. The van der Waals surface area contributed by atoms with Crippen molar-refractivity contribution in [3.05, 3.63) is 81.9 Å². The third kappa shape index (κ3) is 1.74. The van der Waals surface area contributed by atoms with E-state index in [0.717, 1.165) is 13.0 Å². The second-order valence-corrected chi connectivity index (χ2v) is 9.98. The lowest BCUT2D eigenvalue weighted by Crippen LogP contribution is -2.52. The number of anilines is 2. The highest BCUT2D eigenvalue weighted by atomic mass is 15.2. The molecule has 6 rings (SSSR count). The first-order valence-corrected chi connectivity index (χ1v) is 10.5. The fraction of sp³-hybridized carbons (Fsp3) is 0.333. The molecule has 2 aliphatic heterocycles. The van der Waals surface area contributed by atoms with Gasteiger partial charge in [0.2, 0.25) is 0 Å². The number of aryl methyl sites for hydroxylation is 1. The van der Waals surface area contributed by atoms with Gasteiger partial charge in [0.05, 0.1) is 5.69 Å². The van der Waals surface area contributed by atoms with Crippen molar-refractivity contribution in [1.82, 2.24) is 0 Å². The van der Waals surface area contributed by atoms with Crippen LogP contribution in [0.2, 0.25) is 0 Å². The number of benzene rings is 3. The Balaban J connectivity index is 1.73. The van der Waals surface area contributed by atoms with Gasteiger partial charge in [-0.2, -0.15) is 0 Å². The van der Waals surface area contributed by atoms with Crippen LogP contribution in [0.4, 0.5) is 11.4 Å². The summed E-state index contributed by atoms with van der Waals surface area (Å²) >= 11 is 0. The van der Waals surface area contributed by atoms with Crippen LogP contribution in [0.25, 0.3) is 11.1 Å². The van der Waals surface area contributed by atoms with Gasteiger partial charge in [0, 0.05) is 24.2 Å². The van der Waals surface area contributed by atoms with Crippen LogP contribution in [0.1, 0.15) is 61.1 Å². The van der Waals surface area contributed by atoms with E-state index in [-0.39, 0.29) is 10.8 Å². The van der Waals surface area contributed by atoms with Crippen LogP contribution in [0, 0.1) is 6.92 Å². The summed E-state index contributed by atoms with van der Waals surface area (Å²) in [5.41, 5.74) is 15.1. The normalized spacial score (nSPS) is 19.1. The molecule has 28 heavy (non-hydrogen) atoms. The minimum atomic E-state index is 0.205. The summed E-state index contributed by atoms with van der Waals surface area (Å²) in [6.45, 7) is 12.9. The number of fused-ring (bicyclic) bond motifs is 6. The third-order valence-electron chi connectivity index (χ3n) is 8.06. The SMILES string of the molecule is Cc1ccc2c(c1)Cc1c3c(cc4c1C(C)(C)C4(C)C)-c1ccccc1CN23. The van der Waals surface area contributed by atoms with Gasteiger partial charge >= 0.3 is 0 Å². The lowest BCUT2D eigenvalue weighted by Gasteiger charge is -2.57. The fourth-order valence-electron chi connectivity index (χ4n) is 5.89. The molecule has 0 bridgehead atoms.